The molecule has 142 valence electrons. The van der Waals surface area contributed by atoms with Crippen LogP contribution in [0.15, 0.2) is 64.1 Å². The Bertz CT molecular complexity index is 1010. The molecule has 1 unspecified atom stereocenters. The summed E-state index contributed by atoms with van der Waals surface area (Å²) in [7, 11) is 3.98. The van der Waals surface area contributed by atoms with Crippen molar-refractivity contribution in [2.75, 3.05) is 14.1 Å². The molecule has 0 saturated carbocycles. The first-order chi connectivity index (χ1) is 12.1. The van der Waals surface area contributed by atoms with Crippen molar-refractivity contribution in [1.29, 1.82) is 0 Å². The SMILES string of the molecule is CN(C)C1=NC(c2ccccc2F)c2cc(Br)c3ccccc3c2C1.Cl.O. The maximum Gasteiger partial charge on any atom is 0.128 e. The van der Waals surface area contributed by atoms with E-state index in [0.717, 1.165) is 22.3 Å². The van der Waals surface area contributed by atoms with Gasteiger partial charge in [0.25, 0.3) is 0 Å². The van der Waals surface area contributed by atoms with Crippen LogP contribution in [-0.2, 0) is 6.42 Å². The highest BCUT2D eigenvalue weighted by atomic mass is 79.9. The number of hydrogen-bond acceptors (Lipinski definition) is 2. The molecule has 4 rings (SSSR count). The molecule has 1 aliphatic heterocycles. The van der Waals surface area contributed by atoms with Crippen molar-refractivity contribution in [3.05, 3.63) is 81.6 Å². The number of rotatable bonds is 1. The number of likely N-dealkylation sites (N-methyl/N-ethyl adjacent to an activating group) is 1. The van der Waals surface area contributed by atoms with Crippen molar-refractivity contribution in [2.45, 2.75) is 12.5 Å². The lowest BCUT2D eigenvalue weighted by molar-refractivity contribution is 0.575. The Morgan fingerprint density at radius 3 is 2.30 bits per heavy atom. The van der Waals surface area contributed by atoms with Crippen LogP contribution in [0.25, 0.3) is 10.8 Å². The first kappa shape index (κ1) is 21.4. The minimum absolute atomic E-state index is 0. The lowest BCUT2D eigenvalue weighted by Crippen LogP contribution is -2.29. The highest BCUT2D eigenvalue weighted by Gasteiger charge is 2.28. The van der Waals surface area contributed by atoms with Crippen LogP contribution in [0.2, 0.25) is 0 Å². The molecular formula is C21H21BrClFN2O. The molecule has 0 aliphatic carbocycles. The Hall–Kier alpha value is -1.95. The quantitative estimate of drug-likeness (QED) is 0.517. The summed E-state index contributed by atoms with van der Waals surface area (Å²) in [5.74, 6) is 0.750. The average Bonchev–Trinajstić information content (AvgIpc) is 2.62. The molecule has 0 amide bonds. The van der Waals surface area contributed by atoms with Gasteiger partial charge in [0.15, 0.2) is 0 Å². The third-order valence-electron chi connectivity index (χ3n) is 4.76. The van der Waals surface area contributed by atoms with Crippen molar-refractivity contribution in [2.24, 2.45) is 4.99 Å². The fourth-order valence-corrected chi connectivity index (χ4v) is 4.07. The predicted molar refractivity (Wildman–Crippen MR) is 116 cm³/mol. The zero-order chi connectivity index (χ0) is 17.6. The first-order valence-electron chi connectivity index (χ1n) is 8.24. The minimum atomic E-state index is -0.330. The van der Waals surface area contributed by atoms with Crippen LogP contribution in [0.3, 0.4) is 0 Å². The van der Waals surface area contributed by atoms with E-state index in [9.17, 15) is 4.39 Å². The molecule has 1 aliphatic rings. The molecule has 1 heterocycles. The summed E-state index contributed by atoms with van der Waals surface area (Å²) in [6, 6.07) is 17.0. The third kappa shape index (κ3) is 3.72. The summed E-state index contributed by atoms with van der Waals surface area (Å²) >= 11 is 3.69. The van der Waals surface area contributed by atoms with E-state index in [1.54, 1.807) is 6.07 Å². The van der Waals surface area contributed by atoms with Crippen molar-refractivity contribution < 1.29 is 9.87 Å². The van der Waals surface area contributed by atoms with Gasteiger partial charge in [-0.15, -0.1) is 12.4 Å². The Labute approximate surface area is 172 Å². The molecule has 0 fully saturated rings. The maximum atomic E-state index is 14.5. The molecule has 0 radical (unpaired) electrons. The predicted octanol–water partition coefficient (Wildman–Crippen LogP) is 4.94. The van der Waals surface area contributed by atoms with Crippen LogP contribution in [-0.4, -0.2) is 30.3 Å². The molecule has 3 aromatic rings. The number of hydrogen-bond donors (Lipinski definition) is 0. The van der Waals surface area contributed by atoms with Crippen molar-refractivity contribution in [3.8, 4) is 0 Å². The number of benzene rings is 3. The normalized spacial score (nSPS) is 15.3. The lowest BCUT2D eigenvalue weighted by Gasteiger charge is -2.29. The Morgan fingerprint density at radius 1 is 1.00 bits per heavy atom. The van der Waals surface area contributed by atoms with E-state index in [4.69, 9.17) is 4.99 Å². The smallest absolute Gasteiger partial charge is 0.128 e. The summed E-state index contributed by atoms with van der Waals surface area (Å²) in [6.45, 7) is 0. The highest BCUT2D eigenvalue weighted by Crippen LogP contribution is 2.40. The van der Waals surface area contributed by atoms with Crippen molar-refractivity contribution in [1.82, 2.24) is 4.90 Å². The molecule has 27 heavy (non-hydrogen) atoms. The molecule has 3 nitrogen and oxygen atoms in total. The fraction of sp³-hybridized carbons (Fsp3) is 0.190. The van der Waals surface area contributed by atoms with Crippen molar-refractivity contribution >= 4 is 44.9 Å². The van der Waals surface area contributed by atoms with Gasteiger partial charge in [0.05, 0.1) is 0 Å². The van der Waals surface area contributed by atoms with Crippen LogP contribution in [0.5, 0.6) is 0 Å². The molecule has 3 aromatic carbocycles. The van der Waals surface area contributed by atoms with E-state index in [0.29, 0.717) is 5.56 Å². The van der Waals surface area contributed by atoms with E-state index in [2.05, 4.69) is 34.1 Å². The van der Waals surface area contributed by atoms with Crippen LogP contribution in [0.1, 0.15) is 22.7 Å². The van der Waals surface area contributed by atoms with Gasteiger partial charge in [-0.25, -0.2) is 4.39 Å². The maximum absolute atomic E-state index is 14.5. The van der Waals surface area contributed by atoms with Gasteiger partial charge in [-0.3, -0.25) is 4.99 Å². The fourth-order valence-electron chi connectivity index (χ4n) is 3.48. The molecule has 0 bridgehead atoms. The zero-order valence-corrected chi connectivity index (χ0v) is 17.4. The van der Waals surface area contributed by atoms with Crippen molar-refractivity contribution in [3.63, 3.8) is 0 Å². The topological polar surface area (TPSA) is 47.1 Å². The van der Waals surface area contributed by atoms with Gasteiger partial charge in [0.2, 0.25) is 0 Å². The number of aliphatic imine (C=N–C) groups is 1. The van der Waals surface area contributed by atoms with Crippen LogP contribution >= 0.6 is 28.3 Å². The number of halogens is 3. The Balaban J connectivity index is 0.00000131. The van der Waals surface area contributed by atoms with E-state index in [1.165, 1.54) is 22.4 Å². The van der Waals surface area contributed by atoms with Gasteiger partial charge in [0.1, 0.15) is 17.7 Å². The lowest BCUT2D eigenvalue weighted by atomic mass is 9.87. The average molecular weight is 452 g/mol. The number of nitrogens with zero attached hydrogens (tertiary/aromatic N) is 2. The summed E-state index contributed by atoms with van der Waals surface area (Å²) in [6.07, 6.45) is 0.751. The highest BCUT2D eigenvalue weighted by molar-refractivity contribution is 9.10. The molecule has 0 spiro atoms. The largest absolute Gasteiger partial charge is 0.412 e. The monoisotopic (exact) mass is 450 g/mol. The van der Waals surface area contributed by atoms with Gasteiger partial charge < -0.3 is 10.4 Å². The molecule has 0 saturated heterocycles. The van der Waals surface area contributed by atoms with Gasteiger partial charge in [-0.1, -0.05) is 58.4 Å². The number of amidine groups is 1. The van der Waals surface area contributed by atoms with Gasteiger partial charge in [-0.2, -0.15) is 0 Å². The van der Waals surface area contributed by atoms with E-state index in [-0.39, 0.29) is 29.7 Å². The van der Waals surface area contributed by atoms with Crippen LogP contribution in [0.4, 0.5) is 4.39 Å². The zero-order valence-electron chi connectivity index (χ0n) is 15.0. The van der Waals surface area contributed by atoms with Gasteiger partial charge in [0, 0.05) is 30.6 Å². The van der Waals surface area contributed by atoms with Crippen LogP contribution < -0.4 is 0 Å². The minimum Gasteiger partial charge on any atom is -0.412 e. The summed E-state index contributed by atoms with van der Waals surface area (Å²) in [5.41, 5.74) is 2.91. The van der Waals surface area contributed by atoms with Gasteiger partial charge in [-0.05, 0) is 34.0 Å². The Kier molecular flexibility index (Phi) is 6.63. The summed E-state index contributed by atoms with van der Waals surface area (Å²) in [4.78, 5) is 6.90. The standard InChI is InChI=1S/C21H18BrFN2.ClH.H2O/c1-25(2)20-12-16-13-7-3-4-8-14(13)18(22)11-17(16)21(24-20)15-9-5-6-10-19(15)23;;/h3-11,21H,12H2,1-2H3;1H;1H2. The van der Waals surface area contributed by atoms with E-state index < -0.39 is 0 Å². The molecule has 2 N–H and O–H groups in total. The second kappa shape index (κ2) is 8.38. The van der Waals surface area contributed by atoms with Crippen LogP contribution in [0, 0.1) is 5.82 Å². The molecular weight excluding hydrogens is 431 g/mol. The Morgan fingerprint density at radius 2 is 1.63 bits per heavy atom. The number of fused-ring (bicyclic) bond motifs is 3. The molecule has 6 heteroatoms. The van der Waals surface area contributed by atoms with Gasteiger partial charge >= 0.3 is 0 Å². The summed E-state index contributed by atoms with van der Waals surface area (Å²) in [5, 5.41) is 2.37. The molecule has 1 atom stereocenters. The molecule has 0 aromatic heterocycles. The second-order valence-electron chi connectivity index (χ2n) is 6.51. The van der Waals surface area contributed by atoms with E-state index >= 15 is 0 Å². The first-order valence-corrected chi connectivity index (χ1v) is 9.04. The second-order valence-corrected chi connectivity index (χ2v) is 7.37. The van der Waals surface area contributed by atoms with E-state index in [1.807, 2.05) is 43.3 Å². The third-order valence-corrected chi connectivity index (χ3v) is 5.42. The summed E-state index contributed by atoms with van der Waals surface area (Å²) < 4.78 is 15.5.